The number of aliphatic carboxylic acids is 1. The molecule has 0 spiro atoms. The third-order valence-corrected chi connectivity index (χ3v) is 0.877. The van der Waals surface area contributed by atoms with Crippen molar-refractivity contribution in [2.24, 2.45) is 10.7 Å². The summed E-state index contributed by atoms with van der Waals surface area (Å²) in [7, 11) is 0. The molecule has 4 nitrogen and oxygen atoms in total. The van der Waals surface area contributed by atoms with E-state index in [0.717, 1.165) is 6.08 Å². The van der Waals surface area contributed by atoms with Crippen LogP contribution in [0.2, 0.25) is 0 Å². The van der Waals surface area contributed by atoms with E-state index in [1.807, 2.05) is 0 Å². The lowest BCUT2D eigenvalue weighted by molar-refractivity contribution is -0.132. The van der Waals surface area contributed by atoms with Gasteiger partial charge in [-0.1, -0.05) is 0 Å². The van der Waals surface area contributed by atoms with Gasteiger partial charge < -0.3 is 10.8 Å². The van der Waals surface area contributed by atoms with Crippen LogP contribution >= 0.6 is 0 Å². The van der Waals surface area contributed by atoms with Gasteiger partial charge in [0.1, 0.15) is 12.2 Å². The van der Waals surface area contributed by atoms with Gasteiger partial charge in [-0.2, -0.15) is 13.2 Å². The van der Waals surface area contributed by atoms with Crippen LogP contribution in [0.25, 0.3) is 0 Å². The van der Waals surface area contributed by atoms with E-state index in [9.17, 15) is 18.0 Å². The molecule has 0 aromatic rings. The third kappa shape index (κ3) is 6.85. The first kappa shape index (κ1) is 11.5. The van der Waals surface area contributed by atoms with Crippen molar-refractivity contribution in [2.75, 3.05) is 6.54 Å². The molecule has 3 N–H and O–H groups in total. The summed E-state index contributed by atoms with van der Waals surface area (Å²) in [6.45, 7) is -1.35. The number of rotatable bonds is 3. The Morgan fingerprint density at radius 3 is 2.46 bits per heavy atom. The zero-order valence-electron chi connectivity index (χ0n) is 6.38. The van der Waals surface area contributed by atoms with Crippen LogP contribution in [0, 0.1) is 0 Å². The Hall–Kier alpha value is -1.53. The highest BCUT2D eigenvalue weighted by atomic mass is 19.4. The summed E-state index contributed by atoms with van der Waals surface area (Å²) in [5.41, 5.74) is 4.29. The van der Waals surface area contributed by atoms with E-state index in [2.05, 4.69) is 4.99 Å². The Labute approximate surface area is 71.6 Å². The molecule has 0 rings (SSSR count). The average molecular weight is 196 g/mol. The number of hydrogen-bond donors (Lipinski definition) is 2. The van der Waals surface area contributed by atoms with Crippen molar-refractivity contribution in [3.8, 4) is 0 Å². The largest absolute Gasteiger partial charge is 0.477 e. The highest BCUT2D eigenvalue weighted by Crippen LogP contribution is 2.13. The number of allylic oxidation sites excluding steroid dienone is 1. The molecule has 7 heteroatoms. The van der Waals surface area contributed by atoms with Crippen molar-refractivity contribution >= 4 is 12.2 Å². The molecule has 13 heavy (non-hydrogen) atoms. The number of carbonyl (C=O) groups is 1. The van der Waals surface area contributed by atoms with Gasteiger partial charge >= 0.3 is 12.1 Å². The molecule has 0 aromatic heterocycles. The summed E-state index contributed by atoms with van der Waals surface area (Å²) in [6, 6.07) is 0. The van der Waals surface area contributed by atoms with Crippen LogP contribution in [-0.2, 0) is 4.79 Å². The van der Waals surface area contributed by atoms with Crippen LogP contribution in [0.15, 0.2) is 16.8 Å². The molecule has 0 aliphatic carbocycles. The predicted octanol–water partition coefficient (Wildman–Crippen LogP) is 0.547. The number of halogens is 3. The van der Waals surface area contributed by atoms with E-state index in [1.54, 1.807) is 0 Å². The van der Waals surface area contributed by atoms with Gasteiger partial charge in [-0.05, 0) is 6.08 Å². The fourth-order valence-corrected chi connectivity index (χ4v) is 0.361. The van der Waals surface area contributed by atoms with E-state index < -0.39 is 24.4 Å². The SMILES string of the molecule is NC(=CC=NCC(F)(F)F)C(=O)O. The highest BCUT2D eigenvalue weighted by Gasteiger charge is 2.25. The second-order valence-corrected chi connectivity index (χ2v) is 2.03. The Morgan fingerprint density at radius 2 is 2.08 bits per heavy atom. The van der Waals surface area contributed by atoms with Gasteiger partial charge in [-0.25, -0.2) is 4.79 Å². The zero-order chi connectivity index (χ0) is 10.5. The second kappa shape index (κ2) is 4.48. The Kier molecular flexibility index (Phi) is 3.96. The van der Waals surface area contributed by atoms with Crippen LogP contribution in [-0.4, -0.2) is 30.0 Å². The van der Waals surface area contributed by atoms with Crippen molar-refractivity contribution in [2.45, 2.75) is 6.18 Å². The third-order valence-electron chi connectivity index (χ3n) is 0.877. The Bertz CT molecular complexity index is 245. The van der Waals surface area contributed by atoms with E-state index in [1.165, 1.54) is 0 Å². The smallest absolute Gasteiger partial charge is 0.407 e. The van der Waals surface area contributed by atoms with Crippen molar-refractivity contribution in [3.63, 3.8) is 0 Å². The van der Waals surface area contributed by atoms with Gasteiger partial charge in [0, 0.05) is 6.21 Å². The van der Waals surface area contributed by atoms with Crippen LogP contribution < -0.4 is 5.73 Å². The van der Waals surface area contributed by atoms with Crippen LogP contribution in [0.3, 0.4) is 0 Å². The average Bonchev–Trinajstić information content (AvgIpc) is 1.95. The lowest BCUT2D eigenvalue weighted by atomic mass is 10.4. The summed E-state index contributed by atoms with van der Waals surface area (Å²) in [4.78, 5) is 12.9. The van der Waals surface area contributed by atoms with E-state index in [0.29, 0.717) is 6.21 Å². The number of carboxylic acids is 1. The quantitative estimate of drug-likeness (QED) is 0.511. The fourth-order valence-electron chi connectivity index (χ4n) is 0.361. The van der Waals surface area contributed by atoms with Crippen molar-refractivity contribution in [1.82, 2.24) is 0 Å². The molecule has 0 saturated heterocycles. The molecule has 74 valence electrons. The minimum absolute atomic E-state index is 0.564. The van der Waals surface area contributed by atoms with Crippen LogP contribution in [0.4, 0.5) is 13.2 Å². The maximum absolute atomic E-state index is 11.5. The van der Waals surface area contributed by atoms with Gasteiger partial charge in [-0.15, -0.1) is 0 Å². The number of alkyl halides is 3. The first-order valence-corrected chi connectivity index (χ1v) is 3.08. The predicted molar refractivity (Wildman–Crippen MR) is 39.3 cm³/mol. The molecule has 0 radical (unpaired) electrons. The van der Waals surface area contributed by atoms with Crippen molar-refractivity contribution in [3.05, 3.63) is 11.8 Å². The van der Waals surface area contributed by atoms with Crippen LogP contribution in [0.1, 0.15) is 0 Å². The lowest BCUT2D eigenvalue weighted by Crippen LogP contribution is -2.12. The summed E-state index contributed by atoms with van der Waals surface area (Å²) in [6.07, 6.45) is -2.90. The molecule has 0 atom stereocenters. The molecule has 0 bridgehead atoms. The van der Waals surface area contributed by atoms with E-state index >= 15 is 0 Å². The van der Waals surface area contributed by atoms with Gasteiger partial charge in [0.2, 0.25) is 0 Å². The number of aliphatic imine (C=N–C) groups is 1. The van der Waals surface area contributed by atoms with Gasteiger partial charge in [0.25, 0.3) is 0 Å². The molecule has 0 heterocycles. The van der Waals surface area contributed by atoms with Crippen LogP contribution in [0.5, 0.6) is 0 Å². The maximum Gasteiger partial charge on any atom is 0.407 e. The van der Waals surface area contributed by atoms with Gasteiger partial charge in [-0.3, -0.25) is 4.99 Å². The van der Waals surface area contributed by atoms with Gasteiger partial charge in [0.05, 0.1) is 0 Å². The lowest BCUT2D eigenvalue weighted by Gasteiger charge is -1.98. The topological polar surface area (TPSA) is 75.7 Å². The highest BCUT2D eigenvalue weighted by molar-refractivity contribution is 5.91. The standard InChI is InChI=1S/C6H7F3N2O2/c7-6(8,9)3-11-2-1-4(10)5(12)13/h1-2H,3,10H2,(H,12,13). The number of nitrogens with zero attached hydrogens (tertiary/aromatic N) is 1. The molecular weight excluding hydrogens is 189 g/mol. The first-order valence-electron chi connectivity index (χ1n) is 3.08. The molecule has 0 amide bonds. The maximum atomic E-state index is 11.5. The van der Waals surface area contributed by atoms with E-state index in [4.69, 9.17) is 10.8 Å². The molecule has 0 aromatic carbocycles. The second-order valence-electron chi connectivity index (χ2n) is 2.03. The molecule has 0 aliphatic rings. The van der Waals surface area contributed by atoms with E-state index in [-0.39, 0.29) is 0 Å². The fraction of sp³-hybridized carbons (Fsp3) is 0.333. The number of nitrogens with two attached hydrogens (primary N) is 1. The first-order chi connectivity index (χ1) is 5.83. The summed E-state index contributed by atoms with van der Waals surface area (Å²) in [5, 5.41) is 8.16. The number of carboxylic acid groups (broad SMARTS) is 1. The Balaban J connectivity index is 4.02. The molecule has 0 fully saturated rings. The monoisotopic (exact) mass is 196 g/mol. The summed E-state index contributed by atoms with van der Waals surface area (Å²) < 4.78 is 34.4. The molecule has 0 unspecified atom stereocenters. The number of hydrogen-bond acceptors (Lipinski definition) is 3. The Morgan fingerprint density at radius 1 is 1.54 bits per heavy atom. The minimum Gasteiger partial charge on any atom is -0.477 e. The molecular formula is C6H7F3N2O2. The zero-order valence-corrected chi connectivity index (χ0v) is 6.38. The normalized spacial score (nSPS) is 13.6. The molecule has 0 aliphatic heterocycles. The molecule has 0 saturated carbocycles. The van der Waals surface area contributed by atoms with Crippen molar-refractivity contribution < 1.29 is 23.1 Å². The van der Waals surface area contributed by atoms with Crippen molar-refractivity contribution in [1.29, 1.82) is 0 Å². The summed E-state index contributed by atoms with van der Waals surface area (Å²) in [5.74, 6) is -1.40. The minimum atomic E-state index is -4.39. The summed E-state index contributed by atoms with van der Waals surface area (Å²) >= 11 is 0. The van der Waals surface area contributed by atoms with Gasteiger partial charge in [0.15, 0.2) is 0 Å².